The smallest absolute Gasteiger partial charge is 0.283 e. The molecule has 0 N–H and O–H groups in total. The molecule has 128 valence electrons. The van der Waals surface area contributed by atoms with Crippen LogP contribution in [0.25, 0.3) is 0 Å². The summed E-state index contributed by atoms with van der Waals surface area (Å²) >= 11 is 11.9. The third kappa shape index (κ3) is 3.01. The first kappa shape index (κ1) is 17.5. The molecule has 0 saturated carbocycles. The van der Waals surface area contributed by atoms with Gasteiger partial charge >= 0.3 is 0 Å². The molecule has 7 heteroatoms. The van der Waals surface area contributed by atoms with Gasteiger partial charge in [0.1, 0.15) is 16.5 Å². The van der Waals surface area contributed by atoms with E-state index in [1.807, 2.05) is 37.3 Å². The molecular weight excluding hydrogens is 366 g/mol. The van der Waals surface area contributed by atoms with Crippen molar-refractivity contribution in [2.24, 2.45) is 0 Å². The number of hydrogen-bond acceptors (Lipinski definition) is 3. The molecule has 4 nitrogen and oxygen atoms in total. The van der Waals surface area contributed by atoms with E-state index in [0.29, 0.717) is 6.54 Å². The lowest BCUT2D eigenvalue weighted by Gasteiger charge is -2.24. The number of carbonyl (C=O) groups is 2. The van der Waals surface area contributed by atoms with Crippen molar-refractivity contribution in [2.75, 3.05) is 16.3 Å². The zero-order valence-electron chi connectivity index (χ0n) is 13.2. The molecule has 0 spiro atoms. The summed E-state index contributed by atoms with van der Waals surface area (Å²) in [4.78, 5) is 28.0. The molecule has 0 unspecified atom stereocenters. The average Bonchev–Trinajstić information content (AvgIpc) is 2.83. The Balaban J connectivity index is 2.03. The van der Waals surface area contributed by atoms with Gasteiger partial charge in [0, 0.05) is 12.2 Å². The minimum Gasteiger partial charge on any atom is -0.336 e. The van der Waals surface area contributed by atoms with Crippen LogP contribution in [-0.2, 0) is 9.59 Å². The Morgan fingerprint density at radius 3 is 2.32 bits per heavy atom. The number of benzene rings is 2. The van der Waals surface area contributed by atoms with E-state index in [-0.39, 0.29) is 21.4 Å². The lowest BCUT2D eigenvalue weighted by Crippen LogP contribution is -2.35. The van der Waals surface area contributed by atoms with Crippen molar-refractivity contribution < 1.29 is 14.0 Å². The second kappa shape index (κ2) is 6.86. The highest BCUT2D eigenvalue weighted by atomic mass is 35.5. The monoisotopic (exact) mass is 378 g/mol. The molecular formula is C18H13Cl2FN2O2. The molecule has 0 radical (unpaired) electrons. The minimum absolute atomic E-state index is 0.0841. The fourth-order valence-electron chi connectivity index (χ4n) is 2.66. The van der Waals surface area contributed by atoms with E-state index in [1.54, 1.807) is 4.90 Å². The minimum atomic E-state index is -0.668. The van der Waals surface area contributed by atoms with Gasteiger partial charge in [0.05, 0.1) is 10.7 Å². The van der Waals surface area contributed by atoms with Crippen LogP contribution in [0.2, 0.25) is 5.02 Å². The maximum atomic E-state index is 13.4. The van der Waals surface area contributed by atoms with Crippen molar-refractivity contribution in [3.63, 3.8) is 0 Å². The largest absolute Gasteiger partial charge is 0.336 e. The van der Waals surface area contributed by atoms with Gasteiger partial charge in [-0.05, 0) is 37.3 Å². The molecule has 0 bridgehead atoms. The van der Waals surface area contributed by atoms with Crippen LogP contribution < -0.4 is 9.80 Å². The fraction of sp³-hybridized carbons (Fsp3) is 0.111. The Hall–Kier alpha value is -2.37. The topological polar surface area (TPSA) is 40.6 Å². The summed E-state index contributed by atoms with van der Waals surface area (Å²) in [5.41, 5.74) is 0.984. The third-order valence-corrected chi connectivity index (χ3v) is 4.45. The SMILES string of the molecule is CCN(C1=C(Cl)C(=O)N(c2ccc(F)c(Cl)c2)C1=O)c1ccccc1. The third-order valence-electron chi connectivity index (χ3n) is 3.82. The van der Waals surface area contributed by atoms with Crippen LogP contribution in [0.1, 0.15) is 6.92 Å². The van der Waals surface area contributed by atoms with Gasteiger partial charge in [0.25, 0.3) is 11.8 Å². The number of anilines is 2. The van der Waals surface area contributed by atoms with Crippen molar-refractivity contribution in [1.29, 1.82) is 0 Å². The highest BCUT2D eigenvalue weighted by Crippen LogP contribution is 2.34. The number of nitrogens with zero attached hydrogens (tertiary/aromatic N) is 2. The zero-order chi connectivity index (χ0) is 18.1. The van der Waals surface area contributed by atoms with Gasteiger partial charge in [-0.1, -0.05) is 41.4 Å². The summed E-state index contributed by atoms with van der Waals surface area (Å²) in [5, 5.41) is -0.366. The molecule has 0 fully saturated rings. The molecule has 0 aliphatic carbocycles. The summed E-state index contributed by atoms with van der Waals surface area (Å²) in [6, 6.07) is 12.8. The number of halogens is 3. The van der Waals surface area contributed by atoms with E-state index >= 15 is 0 Å². The summed E-state index contributed by atoms with van der Waals surface area (Å²) in [6.07, 6.45) is 0. The molecule has 2 amide bonds. The number of carbonyl (C=O) groups excluding carboxylic acids is 2. The zero-order valence-corrected chi connectivity index (χ0v) is 14.7. The Morgan fingerprint density at radius 2 is 1.72 bits per heavy atom. The Labute approximate surface area is 154 Å². The summed E-state index contributed by atoms with van der Waals surface area (Å²) in [5.74, 6) is -1.88. The van der Waals surface area contributed by atoms with Crippen LogP contribution in [-0.4, -0.2) is 18.4 Å². The Kier molecular flexibility index (Phi) is 4.79. The number of hydrogen-bond donors (Lipinski definition) is 0. The van der Waals surface area contributed by atoms with E-state index < -0.39 is 17.6 Å². The van der Waals surface area contributed by atoms with E-state index in [9.17, 15) is 14.0 Å². The molecule has 25 heavy (non-hydrogen) atoms. The number of rotatable bonds is 4. The van der Waals surface area contributed by atoms with Crippen molar-refractivity contribution in [3.05, 3.63) is 70.1 Å². The summed E-state index contributed by atoms with van der Waals surface area (Å²) in [6.45, 7) is 2.28. The molecule has 1 aliphatic rings. The van der Waals surface area contributed by atoms with E-state index in [1.165, 1.54) is 12.1 Å². The first-order valence-corrected chi connectivity index (χ1v) is 8.27. The van der Waals surface area contributed by atoms with Crippen LogP contribution >= 0.6 is 23.2 Å². The highest BCUT2D eigenvalue weighted by Gasteiger charge is 2.41. The molecule has 3 rings (SSSR count). The average molecular weight is 379 g/mol. The van der Waals surface area contributed by atoms with Gasteiger partial charge in [0.15, 0.2) is 0 Å². The van der Waals surface area contributed by atoms with Crippen molar-refractivity contribution in [3.8, 4) is 0 Å². The van der Waals surface area contributed by atoms with Gasteiger partial charge in [-0.2, -0.15) is 0 Å². The standard InChI is InChI=1S/C18H13Cl2FN2O2/c1-2-22(11-6-4-3-5-7-11)16-15(20)17(24)23(18(16)25)12-8-9-14(21)13(19)10-12/h3-10H,2H2,1H3. The number of amides is 2. The highest BCUT2D eigenvalue weighted by molar-refractivity contribution is 6.53. The van der Waals surface area contributed by atoms with Crippen LogP contribution in [0.5, 0.6) is 0 Å². The normalized spacial score (nSPS) is 14.5. The van der Waals surface area contributed by atoms with Crippen LogP contribution in [0.4, 0.5) is 15.8 Å². The van der Waals surface area contributed by atoms with Gasteiger partial charge in [-0.25, -0.2) is 9.29 Å². The predicted molar refractivity (Wildman–Crippen MR) is 96.2 cm³/mol. The Morgan fingerprint density at radius 1 is 1.04 bits per heavy atom. The molecule has 2 aromatic rings. The Bertz CT molecular complexity index is 884. The fourth-order valence-corrected chi connectivity index (χ4v) is 3.10. The predicted octanol–water partition coefficient (Wildman–Crippen LogP) is 4.33. The molecule has 1 aliphatic heterocycles. The van der Waals surface area contributed by atoms with Crippen LogP contribution in [0.15, 0.2) is 59.3 Å². The number of para-hydroxylation sites is 1. The van der Waals surface area contributed by atoms with E-state index in [0.717, 1.165) is 16.7 Å². The quantitative estimate of drug-likeness (QED) is 0.743. The maximum Gasteiger partial charge on any atom is 0.283 e. The first-order chi connectivity index (χ1) is 12.0. The second-order valence-corrected chi connectivity index (χ2v) is 6.07. The molecule has 0 aromatic heterocycles. The van der Waals surface area contributed by atoms with E-state index in [2.05, 4.69) is 0 Å². The van der Waals surface area contributed by atoms with E-state index in [4.69, 9.17) is 23.2 Å². The number of likely N-dealkylation sites (N-methyl/N-ethyl adjacent to an activating group) is 1. The van der Waals surface area contributed by atoms with Gasteiger partial charge < -0.3 is 4.90 Å². The van der Waals surface area contributed by atoms with Crippen molar-refractivity contribution >= 4 is 46.4 Å². The lowest BCUT2D eigenvalue weighted by molar-refractivity contribution is -0.120. The lowest BCUT2D eigenvalue weighted by atomic mass is 10.2. The second-order valence-electron chi connectivity index (χ2n) is 5.29. The van der Waals surface area contributed by atoms with Gasteiger partial charge in [-0.15, -0.1) is 0 Å². The van der Waals surface area contributed by atoms with Crippen LogP contribution in [0.3, 0.4) is 0 Å². The van der Waals surface area contributed by atoms with Crippen LogP contribution in [0, 0.1) is 5.82 Å². The summed E-state index contributed by atoms with van der Waals surface area (Å²) < 4.78 is 13.4. The van der Waals surface area contributed by atoms with Crippen molar-refractivity contribution in [1.82, 2.24) is 0 Å². The molecule has 1 heterocycles. The molecule has 2 aromatic carbocycles. The van der Waals surface area contributed by atoms with Gasteiger partial charge in [0.2, 0.25) is 0 Å². The molecule has 0 saturated heterocycles. The molecule has 0 atom stereocenters. The summed E-state index contributed by atoms with van der Waals surface area (Å²) in [7, 11) is 0. The van der Waals surface area contributed by atoms with Gasteiger partial charge in [-0.3, -0.25) is 9.59 Å². The number of imide groups is 1. The van der Waals surface area contributed by atoms with Crippen molar-refractivity contribution in [2.45, 2.75) is 6.92 Å². The first-order valence-electron chi connectivity index (χ1n) is 7.52. The maximum absolute atomic E-state index is 13.4.